The Balaban J connectivity index is 2.82. The molecule has 196 valence electrons. The summed E-state index contributed by atoms with van der Waals surface area (Å²) < 4.78 is 0. The number of hydrogen-bond donors (Lipinski definition) is 4. The number of amides is 4. The Morgan fingerprint density at radius 2 is 1.43 bits per heavy atom. The van der Waals surface area contributed by atoms with Crippen molar-refractivity contribution >= 4 is 23.6 Å². The number of rotatable bonds is 15. The highest BCUT2D eigenvalue weighted by Gasteiger charge is 2.31. The molecule has 8 heteroatoms. The van der Waals surface area contributed by atoms with Gasteiger partial charge < -0.3 is 21.7 Å². The van der Waals surface area contributed by atoms with Crippen molar-refractivity contribution in [1.82, 2.24) is 16.0 Å². The standard InChI is InChI=1S/C27H44N4O4/c1-17(2)15-22(29-23(32)16-18(3)4)26(34)31-24(19(5)6)27(35)30-21(25(28)33)14-10-13-20-11-8-7-9-12-20/h7-9,11-12,17-19,21-22,24H,10,13-16H2,1-6H3,(H2,28,33)(H,29,32)(H,30,35)(H,31,34). The van der Waals surface area contributed by atoms with E-state index < -0.39 is 35.8 Å². The number of nitrogens with two attached hydrogens (primary N) is 1. The molecule has 0 saturated heterocycles. The van der Waals surface area contributed by atoms with E-state index >= 15 is 0 Å². The number of aryl methyl sites for hydroxylation is 1. The summed E-state index contributed by atoms with van der Waals surface area (Å²) in [5.74, 6) is -1.59. The number of carbonyl (C=O) groups is 4. The van der Waals surface area contributed by atoms with Crippen molar-refractivity contribution in [3.8, 4) is 0 Å². The Bertz CT molecular complexity index is 824. The number of benzene rings is 1. The van der Waals surface area contributed by atoms with E-state index in [0.29, 0.717) is 25.7 Å². The van der Waals surface area contributed by atoms with E-state index in [1.165, 1.54) is 0 Å². The zero-order valence-corrected chi connectivity index (χ0v) is 22.1. The lowest BCUT2D eigenvalue weighted by Crippen LogP contribution is -2.58. The van der Waals surface area contributed by atoms with Crippen molar-refractivity contribution in [2.24, 2.45) is 23.5 Å². The minimum atomic E-state index is -0.866. The number of carbonyl (C=O) groups excluding carboxylic acids is 4. The fourth-order valence-electron chi connectivity index (χ4n) is 3.82. The molecule has 0 aliphatic rings. The van der Waals surface area contributed by atoms with E-state index in [1.807, 2.05) is 71.9 Å². The van der Waals surface area contributed by atoms with E-state index in [2.05, 4.69) is 16.0 Å². The third-order valence-electron chi connectivity index (χ3n) is 5.66. The van der Waals surface area contributed by atoms with Gasteiger partial charge in [-0.15, -0.1) is 0 Å². The second-order valence-electron chi connectivity index (χ2n) is 10.4. The molecule has 0 saturated carbocycles. The first kappa shape index (κ1) is 30.1. The van der Waals surface area contributed by atoms with Crippen LogP contribution in [-0.4, -0.2) is 41.8 Å². The lowest BCUT2D eigenvalue weighted by atomic mass is 9.98. The maximum atomic E-state index is 13.1. The third kappa shape index (κ3) is 11.9. The van der Waals surface area contributed by atoms with Gasteiger partial charge in [-0.2, -0.15) is 0 Å². The van der Waals surface area contributed by atoms with E-state index in [0.717, 1.165) is 12.0 Å². The van der Waals surface area contributed by atoms with Gasteiger partial charge in [0.1, 0.15) is 18.1 Å². The van der Waals surface area contributed by atoms with Crippen molar-refractivity contribution in [3.63, 3.8) is 0 Å². The Morgan fingerprint density at radius 1 is 0.800 bits per heavy atom. The topological polar surface area (TPSA) is 130 Å². The molecule has 1 rings (SSSR count). The molecule has 0 bridgehead atoms. The van der Waals surface area contributed by atoms with Crippen LogP contribution in [0.4, 0.5) is 0 Å². The van der Waals surface area contributed by atoms with Crippen LogP contribution in [0.2, 0.25) is 0 Å². The molecule has 0 aliphatic carbocycles. The second kappa shape index (κ2) is 15.2. The molecule has 1 aromatic rings. The molecule has 0 fully saturated rings. The number of nitrogens with one attached hydrogen (secondary N) is 3. The number of hydrogen-bond acceptors (Lipinski definition) is 4. The Labute approximate surface area is 210 Å². The SMILES string of the molecule is CC(C)CC(=O)NC(CC(C)C)C(=O)NC(C(=O)NC(CCCc1ccccc1)C(N)=O)C(C)C. The van der Waals surface area contributed by atoms with Crippen LogP contribution < -0.4 is 21.7 Å². The summed E-state index contributed by atoms with van der Waals surface area (Å²) in [5, 5.41) is 8.32. The molecule has 5 N–H and O–H groups in total. The normalized spacial score (nSPS) is 13.9. The predicted molar refractivity (Wildman–Crippen MR) is 138 cm³/mol. The monoisotopic (exact) mass is 488 g/mol. The van der Waals surface area contributed by atoms with Crippen LogP contribution in [0.3, 0.4) is 0 Å². The van der Waals surface area contributed by atoms with Gasteiger partial charge in [-0.3, -0.25) is 19.2 Å². The average Bonchev–Trinajstić information content (AvgIpc) is 2.75. The fourth-order valence-corrected chi connectivity index (χ4v) is 3.82. The molecule has 0 heterocycles. The van der Waals surface area contributed by atoms with Crippen molar-refractivity contribution < 1.29 is 19.2 Å². The van der Waals surface area contributed by atoms with Gasteiger partial charge in [0, 0.05) is 6.42 Å². The molecule has 0 aliphatic heterocycles. The van der Waals surface area contributed by atoms with Crippen LogP contribution in [0.25, 0.3) is 0 Å². The van der Waals surface area contributed by atoms with Crippen LogP contribution in [-0.2, 0) is 25.6 Å². The Kier molecular flexibility index (Phi) is 13.1. The smallest absolute Gasteiger partial charge is 0.243 e. The predicted octanol–water partition coefficient (Wildman–Crippen LogP) is 2.70. The van der Waals surface area contributed by atoms with Crippen LogP contribution >= 0.6 is 0 Å². The van der Waals surface area contributed by atoms with E-state index in [-0.39, 0.29) is 23.7 Å². The summed E-state index contributed by atoms with van der Waals surface area (Å²) in [5.41, 5.74) is 6.69. The van der Waals surface area contributed by atoms with Crippen LogP contribution in [0.1, 0.15) is 72.8 Å². The fraction of sp³-hybridized carbons (Fsp3) is 0.630. The van der Waals surface area contributed by atoms with E-state index in [9.17, 15) is 19.2 Å². The summed E-state index contributed by atoms with van der Waals surface area (Å²) in [6.07, 6.45) is 2.60. The van der Waals surface area contributed by atoms with Crippen LogP contribution in [0.15, 0.2) is 30.3 Å². The first-order chi connectivity index (χ1) is 16.4. The van der Waals surface area contributed by atoms with Gasteiger partial charge >= 0.3 is 0 Å². The highest BCUT2D eigenvalue weighted by atomic mass is 16.2. The molecule has 3 atom stereocenters. The highest BCUT2D eigenvalue weighted by molar-refractivity contribution is 5.94. The molecule has 0 aromatic heterocycles. The quantitative estimate of drug-likeness (QED) is 0.302. The van der Waals surface area contributed by atoms with Crippen molar-refractivity contribution in [2.75, 3.05) is 0 Å². The minimum absolute atomic E-state index is 0.166. The summed E-state index contributed by atoms with van der Waals surface area (Å²) in [6, 6.07) is 7.43. The molecular formula is C27H44N4O4. The van der Waals surface area contributed by atoms with Crippen LogP contribution in [0, 0.1) is 17.8 Å². The summed E-state index contributed by atoms with van der Waals surface area (Å²) in [6.45, 7) is 11.4. The first-order valence-corrected chi connectivity index (χ1v) is 12.6. The first-order valence-electron chi connectivity index (χ1n) is 12.6. The lowest BCUT2D eigenvalue weighted by molar-refractivity contribution is -0.134. The van der Waals surface area contributed by atoms with Crippen molar-refractivity contribution in [1.29, 1.82) is 0 Å². The molecule has 1 aromatic carbocycles. The molecular weight excluding hydrogens is 444 g/mol. The third-order valence-corrected chi connectivity index (χ3v) is 5.66. The maximum absolute atomic E-state index is 13.1. The maximum Gasteiger partial charge on any atom is 0.243 e. The molecule has 3 unspecified atom stereocenters. The van der Waals surface area contributed by atoms with Gasteiger partial charge in [-0.25, -0.2) is 0 Å². The highest BCUT2D eigenvalue weighted by Crippen LogP contribution is 2.11. The van der Waals surface area contributed by atoms with Gasteiger partial charge in [0.15, 0.2) is 0 Å². The molecule has 0 spiro atoms. The second-order valence-corrected chi connectivity index (χ2v) is 10.4. The summed E-state index contributed by atoms with van der Waals surface area (Å²) >= 11 is 0. The number of primary amides is 1. The van der Waals surface area contributed by atoms with Gasteiger partial charge in [-0.1, -0.05) is 71.9 Å². The molecule has 35 heavy (non-hydrogen) atoms. The zero-order chi connectivity index (χ0) is 26.5. The minimum Gasteiger partial charge on any atom is -0.368 e. The molecule has 4 amide bonds. The van der Waals surface area contributed by atoms with E-state index in [1.54, 1.807) is 0 Å². The Hall–Kier alpha value is -2.90. The zero-order valence-electron chi connectivity index (χ0n) is 22.1. The van der Waals surface area contributed by atoms with Gasteiger partial charge in [0.2, 0.25) is 23.6 Å². The summed E-state index contributed by atoms with van der Waals surface area (Å²) in [7, 11) is 0. The van der Waals surface area contributed by atoms with Gasteiger partial charge in [0.05, 0.1) is 0 Å². The summed E-state index contributed by atoms with van der Waals surface area (Å²) in [4.78, 5) is 50.4. The average molecular weight is 489 g/mol. The van der Waals surface area contributed by atoms with Crippen molar-refractivity contribution in [3.05, 3.63) is 35.9 Å². The van der Waals surface area contributed by atoms with Gasteiger partial charge in [-0.05, 0) is 49.0 Å². The van der Waals surface area contributed by atoms with Crippen molar-refractivity contribution in [2.45, 2.75) is 91.8 Å². The lowest BCUT2D eigenvalue weighted by Gasteiger charge is -2.27. The van der Waals surface area contributed by atoms with E-state index in [4.69, 9.17) is 5.73 Å². The van der Waals surface area contributed by atoms with Gasteiger partial charge in [0.25, 0.3) is 0 Å². The Morgan fingerprint density at radius 3 is 1.94 bits per heavy atom. The van der Waals surface area contributed by atoms with Crippen LogP contribution in [0.5, 0.6) is 0 Å². The largest absolute Gasteiger partial charge is 0.368 e. The molecule has 0 radical (unpaired) electrons. The molecule has 8 nitrogen and oxygen atoms in total.